The average molecular weight is 424 g/mol. The Morgan fingerprint density at radius 3 is 2.39 bits per heavy atom. The number of hydrogen-bond acceptors (Lipinski definition) is 5. The number of rotatable bonds is 4. The quantitative estimate of drug-likeness (QED) is 0.755. The van der Waals surface area contributed by atoms with Crippen LogP contribution in [0.2, 0.25) is 0 Å². The van der Waals surface area contributed by atoms with E-state index in [9.17, 15) is 9.59 Å². The molecule has 2 aliphatic heterocycles. The van der Waals surface area contributed by atoms with E-state index in [1.807, 2.05) is 65.6 Å². The van der Waals surface area contributed by atoms with Crippen molar-refractivity contribution in [2.75, 3.05) is 39.5 Å². The van der Waals surface area contributed by atoms with E-state index in [-0.39, 0.29) is 19.1 Å². The van der Waals surface area contributed by atoms with Crippen molar-refractivity contribution in [2.45, 2.75) is 25.2 Å². The summed E-state index contributed by atoms with van der Waals surface area (Å²) in [5.41, 5.74) is 0.917. The van der Waals surface area contributed by atoms with Crippen molar-refractivity contribution in [2.24, 2.45) is 0 Å². The summed E-state index contributed by atoms with van der Waals surface area (Å²) in [4.78, 5) is 29.6. The van der Waals surface area contributed by atoms with Crippen LogP contribution in [0.5, 0.6) is 0 Å². The minimum Gasteiger partial charge on any atom is -0.445 e. The molecular weight excluding hydrogens is 396 g/mol. The van der Waals surface area contributed by atoms with Gasteiger partial charge in [-0.15, -0.1) is 0 Å². The standard InChI is InChI=1S/C24H28N2O5/c27-22-24(11-12-25(22)17-20-7-3-1-4-8-20)19-26(13-14-29-15-16-31-24)23(28)30-18-21-9-5-2-6-10-21/h1-10H,11-19H2. The summed E-state index contributed by atoms with van der Waals surface area (Å²) in [6.45, 7) is 2.89. The minimum atomic E-state index is -1.06. The number of benzene rings is 2. The molecule has 2 fully saturated rings. The fraction of sp³-hybridized carbons (Fsp3) is 0.417. The number of ether oxygens (including phenoxy) is 3. The number of carbonyl (C=O) groups excluding carboxylic acids is 2. The molecule has 0 aromatic heterocycles. The van der Waals surface area contributed by atoms with Crippen LogP contribution in [0, 0.1) is 0 Å². The highest BCUT2D eigenvalue weighted by Crippen LogP contribution is 2.30. The van der Waals surface area contributed by atoms with Gasteiger partial charge in [-0.3, -0.25) is 4.79 Å². The molecule has 2 aromatic rings. The zero-order valence-electron chi connectivity index (χ0n) is 17.6. The minimum absolute atomic E-state index is 0.0842. The molecule has 1 spiro atoms. The van der Waals surface area contributed by atoms with Crippen LogP contribution in [0.25, 0.3) is 0 Å². The molecule has 2 aliphatic rings. The second-order valence-corrected chi connectivity index (χ2v) is 7.88. The van der Waals surface area contributed by atoms with Crippen molar-refractivity contribution in [3.63, 3.8) is 0 Å². The summed E-state index contributed by atoms with van der Waals surface area (Å²) < 4.78 is 17.1. The van der Waals surface area contributed by atoms with Gasteiger partial charge in [0, 0.05) is 26.1 Å². The molecule has 2 heterocycles. The first-order chi connectivity index (χ1) is 15.2. The van der Waals surface area contributed by atoms with Crippen molar-refractivity contribution < 1.29 is 23.8 Å². The highest BCUT2D eigenvalue weighted by atomic mass is 16.6. The Morgan fingerprint density at radius 2 is 1.65 bits per heavy atom. The van der Waals surface area contributed by atoms with Gasteiger partial charge in [0.25, 0.3) is 5.91 Å². The maximum Gasteiger partial charge on any atom is 0.410 e. The van der Waals surface area contributed by atoms with Crippen LogP contribution < -0.4 is 0 Å². The van der Waals surface area contributed by atoms with Gasteiger partial charge in [0.05, 0.1) is 26.4 Å². The monoisotopic (exact) mass is 424 g/mol. The zero-order valence-corrected chi connectivity index (χ0v) is 17.6. The average Bonchev–Trinajstić information content (AvgIpc) is 3.15. The Morgan fingerprint density at radius 1 is 0.935 bits per heavy atom. The molecule has 31 heavy (non-hydrogen) atoms. The smallest absolute Gasteiger partial charge is 0.410 e. The van der Waals surface area contributed by atoms with E-state index in [4.69, 9.17) is 14.2 Å². The van der Waals surface area contributed by atoms with E-state index >= 15 is 0 Å². The van der Waals surface area contributed by atoms with Gasteiger partial charge >= 0.3 is 6.09 Å². The first-order valence-corrected chi connectivity index (χ1v) is 10.7. The molecule has 0 N–H and O–H groups in total. The molecule has 2 saturated heterocycles. The molecule has 4 rings (SSSR count). The van der Waals surface area contributed by atoms with Gasteiger partial charge in [-0.25, -0.2) is 4.79 Å². The van der Waals surface area contributed by atoms with E-state index in [1.54, 1.807) is 0 Å². The number of carbonyl (C=O) groups is 2. The molecule has 0 aliphatic carbocycles. The maximum atomic E-state index is 13.4. The number of amides is 2. The molecule has 164 valence electrons. The fourth-order valence-electron chi connectivity index (χ4n) is 4.02. The van der Waals surface area contributed by atoms with Crippen molar-refractivity contribution >= 4 is 12.0 Å². The zero-order chi connectivity index (χ0) is 21.5. The van der Waals surface area contributed by atoms with Crippen LogP contribution in [0.3, 0.4) is 0 Å². The van der Waals surface area contributed by atoms with Crippen LogP contribution in [-0.4, -0.2) is 66.9 Å². The highest BCUT2D eigenvalue weighted by Gasteiger charge is 2.50. The van der Waals surface area contributed by atoms with Crippen molar-refractivity contribution in [1.29, 1.82) is 0 Å². The van der Waals surface area contributed by atoms with Crippen LogP contribution in [0.4, 0.5) is 4.79 Å². The highest BCUT2D eigenvalue weighted by molar-refractivity contribution is 5.88. The Hall–Kier alpha value is -2.90. The lowest BCUT2D eigenvalue weighted by molar-refractivity contribution is -0.152. The van der Waals surface area contributed by atoms with Gasteiger partial charge in [-0.1, -0.05) is 60.7 Å². The maximum absolute atomic E-state index is 13.4. The number of likely N-dealkylation sites (tertiary alicyclic amines) is 1. The molecule has 7 nitrogen and oxygen atoms in total. The van der Waals surface area contributed by atoms with Crippen molar-refractivity contribution in [1.82, 2.24) is 9.80 Å². The summed E-state index contributed by atoms with van der Waals surface area (Å²) in [5, 5.41) is 0. The van der Waals surface area contributed by atoms with Crippen LogP contribution in [0.1, 0.15) is 17.5 Å². The van der Waals surface area contributed by atoms with Gasteiger partial charge in [-0.2, -0.15) is 0 Å². The van der Waals surface area contributed by atoms with E-state index in [2.05, 4.69) is 0 Å². The first-order valence-electron chi connectivity index (χ1n) is 10.7. The third-order valence-electron chi connectivity index (χ3n) is 5.70. The second kappa shape index (κ2) is 9.94. The summed E-state index contributed by atoms with van der Waals surface area (Å²) in [6.07, 6.45) is 0.0628. The Bertz CT molecular complexity index is 876. The summed E-state index contributed by atoms with van der Waals surface area (Å²) in [7, 11) is 0. The summed E-state index contributed by atoms with van der Waals surface area (Å²) in [5.74, 6) is -0.0842. The van der Waals surface area contributed by atoms with E-state index in [0.29, 0.717) is 45.9 Å². The van der Waals surface area contributed by atoms with Gasteiger partial charge in [0.1, 0.15) is 6.61 Å². The summed E-state index contributed by atoms with van der Waals surface area (Å²) in [6, 6.07) is 19.4. The third kappa shape index (κ3) is 5.24. The number of nitrogens with zero attached hydrogens (tertiary/aromatic N) is 2. The lowest BCUT2D eigenvalue weighted by Gasteiger charge is -2.32. The molecule has 0 radical (unpaired) electrons. The van der Waals surface area contributed by atoms with E-state index in [0.717, 1.165) is 11.1 Å². The summed E-state index contributed by atoms with van der Waals surface area (Å²) >= 11 is 0. The van der Waals surface area contributed by atoms with Crippen molar-refractivity contribution in [3.8, 4) is 0 Å². The molecule has 0 saturated carbocycles. The van der Waals surface area contributed by atoms with E-state index < -0.39 is 11.7 Å². The largest absolute Gasteiger partial charge is 0.445 e. The van der Waals surface area contributed by atoms with Crippen LogP contribution >= 0.6 is 0 Å². The Balaban J connectivity index is 1.45. The van der Waals surface area contributed by atoms with Gasteiger partial charge in [0.15, 0.2) is 5.60 Å². The van der Waals surface area contributed by atoms with Crippen LogP contribution in [-0.2, 0) is 32.2 Å². The molecule has 0 bridgehead atoms. The van der Waals surface area contributed by atoms with Crippen LogP contribution in [0.15, 0.2) is 60.7 Å². The first kappa shape index (κ1) is 21.3. The lowest BCUT2D eigenvalue weighted by Crippen LogP contribution is -2.52. The third-order valence-corrected chi connectivity index (χ3v) is 5.70. The fourth-order valence-corrected chi connectivity index (χ4v) is 4.02. The predicted octanol–water partition coefficient (Wildman–Crippen LogP) is 2.84. The normalized spacial score (nSPS) is 22.1. The molecule has 1 atom stereocenters. The second-order valence-electron chi connectivity index (χ2n) is 7.88. The predicted molar refractivity (Wildman–Crippen MR) is 114 cm³/mol. The topological polar surface area (TPSA) is 68.3 Å². The van der Waals surface area contributed by atoms with Gasteiger partial charge in [0.2, 0.25) is 0 Å². The molecular formula is C24H28N2O5. The number of hydrogen-bond donors (Lipinski definition) is 0. The Labute approximate surface area is 182 Å². The van der Waals surface area contributed by atoms with E-state index in [1.165, 1.54) is 4.90 Å². The molecule has 2 aromatic carbocycles. The Kier molecular flexibility index (Phi) is 6.84. The van der Waals surface area contributed by atoms with Gasteiger partial charge < -0.3 is 24.0 Å². The molecule has 1 unspecified atom stereocenters. The van der Waals surface area contributed by atoms with Crippen molar-refractivity contribution in [3.05, 3.63) is 71.8 Å². The molecule has 7 heteroatoms. The molecule has 2 amide bonds. The van der Waals surface area contributed by atoms with Gasteiger partial charge in [-0.05, 0) is 11.1 Å². The lowest BCUT2D eigenvalue weighted by atomic mass is 10.0. The SMILES string of the molecule is O=C(OCc1ccccc1)N1CCOCCOC2(CCN(Cc3ccccc3)C2=O)C1.